The fourth-order valence-electron chi connectivity index (χ4n) is 4.16. The van der Waals surface area contributed by atoms with Gasteiger partial charge in [0, 0.05) is 45.2 Å². The number of rotatable bonds is 3. The van der Waals surface area contributed by atoms with Crippen molar-refractivity contribution in [2.45, 2.75) is 25.3 Å². The lowest BCUT2D eigenvalue weighted by Crippen LogP contribution is -2.52. The van der Waals surface area contributed by atoms with E-state index in [1.165, 1.54) is 16.3 Å². The minimum Gasteiger partial charge on any atom is -0.344 e. The van der Waals surface area contributed by atoms with Crippen LogP contribution >= 0.6 is 11.3 Å². The molecular weight excluding hydrogens is 440 g/mol. The van der Waals surface area contributed by atoms with Crippen LogP contribution in [0, 0.1) is 0 Å². The third-order valence-electron chi connectivity index (χ3n) is 5.85. The van der Waals surface area contributed by atoms with Gasteiger partial charge in [0.25, 0.3) is 5.91 Å². The highest BCUT2D eigenvalue weighted by atomic mass is 32.2. The van der Waals surface area contributed by atoms with Crippen molar-refractivity contribution in [3.8, 4) is 0 Å². The molecule has 0 spiro atoms. The molecule has 5 rings (SSSR count). The van der Waals surface area contributed by atoms with Crippen LogP contribution in [0.15, 0.2) is 23.4 Å². The Bertz CT molecular complexity index is 1140. The quantitative estimate of drug-likeness (QED) is 0.652. The molecule has 31 heavy (non-hydrogen) atoms. The number of anilines is 1. The molecule has 0 aliphatic carbocycles. The summed E-state index contributed by atoms with van der Waals surface area (Å²) in [4.78, 5) is 39.1. The number of carbonyl (C=O) groups excluding carboxylic acids is 2. The van der Waals surface area contributed by atoms with Crippen LogP contribution < -0.4 is 4.90 Å². The maximum absolute atomic E-state index is 13.0. The Morgan fingerprint density at radius 3 is 2.68 bits per heavy atom. The molecule has 2 saturated heterocycles. The summed E-state index contributed by atoms with van der Waals surface area (Å²) in [6.07, 6.45) is 2.59. The molecule has 0 bridgehead atoms. The van der Waals surface area contributed by atoms with Crippen molar-refractivity contribution in [2.75, 3.05) is 42.6 Å². The molecule has 3 aliphatic rings. The number of hydrogen-bond donors (Lipinski definition) is 0. The molecule has 0 saturated carbocycles. The maximum Gasteiger partial charge on any atom is 0.270 e. The topological polar surface area (TPSA) is 116 Å². The smallest absolute Gasteiger partial charge is 0.270 e. The maximum atomic E-state index is 13.0. The van der Waals surface area contributed by atoms with Gasteiger partial charge in [-0.15, -0.1) is 0 Å². The minimum absolute atomic E-state index is 0.0590. The number of hydrazone groups is 1. The molecule has 0 N–H and O–H groups in total. The first kappa shape index (κ1) is 20.3. The first-order valence-corrected chi connectivity index (χ1v) is 12.9. The number of sulfone groups is 1. The molecule has 0 aromatic carbocycles. The van der Waals surface area contributed by atoms with Gasteiger partial charge in [-0.25, -0.2) is 23.4 Å². The third-order valence-corrected chi connectivity index (χ3v) is 8.64. The van der Waals surface area contributed by atoms with Crippen LogP contribution in [0.3, 0.4) is 0 Å². The van der Waals surface area contributed by atoms with Gasteiger partial charge >= 0.3 is 0 Å². The highest BCUT2D eigenvalue weighted by Gasteiger charge is 2.38. The summed E-state index contributed by atoms with van der Waals surface area (Å²) in [7, 11) is -3.14. The fourth-order valence-corrected chi connectivity index (χ4v) is 6.81. The molecule has 12 heteroatoms. The zero-order valence-electron chi connectivity index (χ0n) is 16.8. The number of piperazine rings is 1. The summed E-state index contributed by atoms with van der Waals surface area (Å²) in [6, 6.07) is 3.33. The number of aromatic nitrogens is 2. The van der Waals surface area contributed by atoms with Gasteiger partial charge in [-0.2, -0.15) is 5.10 Å². The van der Waals surface area contributed by atoms with Crippen molar-refractivity contribution in [1.82, 2.24) is 19.9 Å². The Kier molecular flexibility index (Phi) is 5.13. The predicted octanol–water partition coefficient (Wildman–Crippen LogP) is 0.505. The van der Waals surface area contributed by atoms with E-state index < -0.39 is 15.9 Å². The van der Waals surface area contributed by atoms with Gasteiger partial charge in [0.05, 0.1) is 17.5 Å². The van der Waals surface area contributed by atoms with Crippen molar-refractivity contribution in [1.29, 1.82) is 0 Å². The van der Waals surface area contributed by atoms with E-state index in [0.717, 1.165) is 15.5 Å². The van der Waals surface area contributed by atoms with Crippen molar-refractivity contribution < 1.29 is 18.0 Å². The SMILES string of the molecule is O=C(C1=NN(C2CCS(=O)(=O)C2)C(=O)CC1)N1CCN(c2nc3cccnc3s2)CC1. The summed E-state index contributed by atoms with van der Waals surface area (Å²) in [5, 5.41) is 6.44. The normalized spacial score (nSPS) is 24.0. The molecule has 2 aromatic rings. The van der Waals surface area contributed by atoms with Crippen LogP contribution in [-0.2, 0) is 19.4 Å². The molecule has 164 valence electrons. The van der Waals surface area contributed by atoms with Gasteiger partial charge in [0.1, 0.15) is 16.1 Å². The number of thiazole rings is 1. The molecule has 1 atom stereocenters. The fraction of sp³-hybridized carbons (Fsp3) is 0.526. The summed E-state index contributed by atoms with van der Waals surface area (Å²) >= 11 is 1.54. The van der Waals surface area contributed by atoms with Crippen molar-refractivity contribution in [3.63, 3.8) is 0 Å². The van der Waals surface area contributed by atoms with Crippen LogP contribution in [0.5, 0.6) is 0 Å². The molecule has 5 heterocycles. The number of hydrogen-bond acceptors (Lipinski definition) is 9. The first-order valence-electron chi connectivity index (χ1n) is 10.3. The lowest BCUT2D eigenvalue weighted by atomic mass is 10.1. The van der Waals surface area contributed by atoms with Gasteiger partial charge in [0.15, 0.2) is 15.0 Å². The van der Waals surface area contributed by atoms with Gasteiger partial charge in [-0.05, 0) is 18.6 Å². The highest BCUT2D eigenvalue weighted by molar-refractivity contribution is 7.91. The van der Waals surface area contributed by atoms with Gasteiger partial charge in [-0.3, -0.25) is 9.59 Å². The van der Waals surface area contributed by atoms with Crippen molar-refractivity contribution >= 4 is 54.2 Å². The van der Waals surface area contributed by atoms with E-state index in [1.807, 2.05) is 12.1 Å². The van der Waals surface area contributed by atoms with E-state index in [-0.39, 0.29) is 36.2 Å². The molecule has 2 fully saturated rings. The van der Waals surface area contributed by atoms with Crippen molar-refractivity contribution in [2.24, 2.45) is 5.10 Å². The molecule has 3 aliphatic heterocycles. The number of fused-ring (bicyclic) bond motifs is 1. The van der Waals surface area contributed by atoms with Crippen LogP contribution in [0.2, 0.25) is 0 Å². The van der Waals surface area contributed by atoms with E-state index >= 15 is 0 Å². The lowest BCUT2D eigenvalue weighted by Gasteiger charge is -2.35. The summed E-state index contributed by atoms with van der Waals surface area (Å²) in [5.74, 6) is -0.417. The van der Waals surface area contributed by atoms with E-state index in [4.69, 9.17) is 0 Å². The highest BCUT2D eigenvalue weighted by Crippen LogP contribution is 2.28. The summed E-state index contributed by atoms with van der Waals surface area (Å²) in [6.45, 7) is 2.38. The molecule has 2 aromatic heterocycles. The average Bonchev–Trinajstić information content (AvgIpc) is 3.36. The Labute approximate surface area is 183 Å². The molecule has 2 amide bonds. The Morgan fingerprint density at radius 1 is 1.16 bits per heavy atom. The molecule has 0 radical (unpaired) electrons. The summed E-state index contributed by atoms with van der Waals surface area (Å²) < 4.78 is 23.6. The zero-order chi connectivity index (χ0) is 21.6. The monoisotopic (exact) mass is 462 g/mol. The average molecular weight is 463 g/mol. The second-order valence-corrected chi connectivity index (χ2v) is 11.1. The van der Waals surface area contributed by atoms with E-state index in [2.05, 4.69) is 20.0 Å². The Hall–Kier alpha value is -2.60. The molecule has 1 unspecified atom stereocenters. The zero-order valence-corrected chi connectivity index (χ0v) is 18.4. The van der Waals surface area contributed by atoms with E-state index in [1.54, 1.807) is 11.1 Å². The van der Waals surface area contributed by atoms with E-state index in [9.17, 15) is 18.0 Å². The standard InChI is InChI=1S/C19H22N6O4S2/c26-16-4-3-15(22-25(16)13-5-11-31(28,29)12-13)18(27)23-7-9-24(10-8-23)19-21-14-2-1-6-20-17(14)30-19/h1-2,6,13H,3-5,7-12H2. The summed E-state index contributed by atoms with van der Waals surface area (Å²) in [5.41, 5.74) is 1.21. The Balaban J connectivity index is 1.25. The van der Waals surface area contributed by atoms with Gasteiger partial charge in [0.2, 0.25) is 5.91 Å². The Morgan fingerprint density at radius 2 is 1.97 bits per heavy atom. The second kappa shape index (κ2) is 7.83. The number of amides is 2. The van der Waals surface area contributed by atoms with Crippen LogP contribution in [0.4, 0.5) is 5.13 Å². The predicted molar refractivity (Wildman–Crippen MR) is 117 cm³/mol. The molecule has 10 nitrogen and oxygen atoms in total. The van der Waals surface area contributed by atoms with E-state index in [0.29, 0.717) is 38.3 Å². The largest absolute Gasteiger partial charge is 0.344 e. The third kappa shape index (κ3) is 4.01. The lowest BCUT2D eigenvalue weighted by molar-refractivity contribution is -0.134. The van der Waals surface area contributed by atoms with Crippen LogP contribution in [0.1, 0.15) is 19.3 Å². The number of carbonyl (C=O) groups is 2. The number of nitrogens with zero attached hydrogens (tertiary/aromatic N) is 6. The first-order chi connectivity index (χ1) is 14.9. The minimum atomic E-state index is -3.14. The molecular formula is C19H22N6O4S2. The van der Waals surface area contributed by atoms with Gasteiger partial charge in [-0.1, -0.05) is 11.3 Å². The van der Waals surface area contributed by atoms with Gasteiger partial charge < -0.3 is 9.80 Å². The van der Waals surface area contributed by atoms with Crippen LogP contribution in [-0.4, -0.2) is 89.5 Å². The van der Waals surface area contributed by atoms with Crippen molar-refractivity contribution in [3.05, 3.63) is 18.3 Å². The second-order valence-electron chi connectivity index (χ2n) is 7.95. The number of pyridine rings is 1. The van der Waals surface area contributed by atoms with Crippen LogP contribution in [0.25, 0.3) is 10.3 Å².